The predicted octanol–water partition coefficient (Wildman–Crippen LogP) is 4.01. The van der Waals surface area contributed by atoms with Crippen molar-refractivity contribution in [3.8, 4) is 11.5 Å². The highest BCUT2D eigenvalue weighted by Gasteiger charge is 2.76. The highest BCUT2D eigenvalue weighted by Crippen LogP contribution is 2.74. The molecule has 0 heterocycles. The summed E-state index contributed by atoms with van der Waals surface area (Å²) in [5.74, 6) is -0.402. The average molecular weight is 428 g/mol. The van der Waals surface area contributed by atoms with Crippen molar-refractivity contribution in [2.24, 2.45) is 0 Å². The summed E-state index contributed by atoms with van der Waals surface area (Å²) >= 11 is 0. The molecule has 2 aliphatic carbocycles. The lowest BCUT2D eigenvalue weighted by atomic mass is 9.37. The zero-order chi connectivity index (χ0) is 22.7. The fraction of sp³-hybridized carbons (Fsp3) is 0.192. The summed E-state index contributed by atoms with van der Waals surface area (Å²) in [6.45, 7) is 4.08. The second kappa shape index (κ2) is 6.79. The Hall–Kier alpha value is -3.93. The van der Waals surface area contributed by atoms with Crippen LogP contribution in [0.3, 0.4) is 0 Å². The normalized spacial score (nSPS) is 21.6. The Morgan fingerprint density at radius 3 is 1.81 bits per heavy atom. The SMILES string of the molecule is CC(=O)Oc1ccc([C@@]23c4ccccc4[C@]2(OC(C)=O)c2cc(OC(C)=O)ccc23)cc1. The lowest BCUT2D eigenvalue weighted by Gasteiger charge is -2.67. The Kier molecular flexibility index (Phi) is 4.24. The Morgan fingerprint density at radius 2 is 1.19 bits per heavy atom. The number of carbonyl (C=O) groups excluding carboxylic acids is 3. The molecule has 3 aromatic rings. The lowest BCUT2D eigenvalue weighted by molar-refractivity contribution is -0.167. The molecule has 0 aliphatic heterocycles. The van der Waals surface area contributed by atoms with Crippen LogP contribution in [0, 0.1) is 0 Å². The van der Waals surface area contributed by atoms with Gasteiger partial charge in [-0.3, -0.25) is 14.4 Å². The average Bonchev–Trinajstić information content (AvgIpc) is 2.73. The van der Waals surface area contributed by atoms with Gasteiger partial charge in [0.1, 0.15) is 11.5 Å². The molecule has 6 nitrogen and oxygen atoms in total. The van der Waals surface area contributed by atoms with E-state index in [4.69, 9.17) is 14.2 Å². The minimum absolute atomic E-state index is 0.394. The Balaban J connectivity index is 1.74. The van der Waals surface area contributed by atoms with Crippen LogP contribution in [0.25, 0.3) is 0 Å². The Labute approximate surface area is 184 Å². The monoisotopic (exact) mass is 428 g/mol. The number of ether oxygens (including phenoxy) is 3. The van der Waals surface area contributed by atoms with Gasteiger partial charge in [0.2, 0.25) is 0 Å². The van der Waals surface area contributed by atoms with Gasteiger partial charge in [-0.1, -0.05) is 42.5 Å². The zero-order valence-corrected chi connectivity index (χ0v) is 17.8. The van der Waals surface area contributed by atoms with E-state index in [1.807, 2.05) is 42.5 Å². The van der Waals surface area contributed by atoms with Crippen LogP contribution < -0.4 is 9.47 Å². The van der Waals surface area contributed by atoms with Gasteiger partial charge in [0, 0.05) is 31.9 Å². The number of hydrogen-bond acceptors (Lipinski definition) is 6. The molecule has 6 heteroatoms. The molecule has 160 valence electrons. The fourth-order valence-corrected chi connectivity index (χ4v) is 5.29. The van der Waals surface area contributed by atoms with Gasteiger partial charge in [-0.05, 0) is 41.0 Å². The molecule has 2 atom stereocenters. The van der Waals surface area contributed by atoms with E-state index in [0.29, 0.717) is 11.5 Å². The molecule has 0 amide bonds. The molecule has 0 bridgehead atoms. The fourth-order valence-electron chi connectivity index (χ4n) is 5.29. The number of carbonyl (C=O) groups is 3. The van der Waals surface area contributed by atoms with Gasteiger partial charge in [-0.2, -0.15) is 0 Å². The number of fused-ring (bicyclic) bond motifs is 7. The third-order valence-corrected chi connectivity index (χ3v) is 6.12. The standard InChI is InChI=1S/C26H20O6/c1-15(27)30-19-10-8-18(9-11-19)25-21-6-4-5-7-23(21)26(25,32-17(3)29)24-14-20(31-16(2)28)12-13-22(24)25/h4-14H,1-3H3/t25-,26-/m0/s1. The van der Waals surface area contributed by atoms with Crippen molar-refractivity contribution in [3.63, 3.8) is 0 Å². The van der Waals surface area contributed by atoms with Gasteiger partial charge in [0.15, 0.2) is 5.60 Å². The van der Waals surface area contributed by atoms with E-state index < -0.39 is 28.9 Å². The molecule has 0 unspecified atom stereocenters. The predicted molar refractivity (Wildman–Crippen MR) is 114 cm³/mol. The van der Waals surface area contributed by atoms with Crippen LogP contribution >= 0.6 is 0 Å². The number of esters is 3. The molecule has 2 aliphatic rings. The lowest BCUT2D eigenvalue weighted by Crippen LogP contribution is -2.69. The molecule has 0 spiro atoms. The minimum atomic E-state index is -1.04. The first-order chi connectivity index (χ1) is 15.3. The number of rotatable bonds is 4. The Morgan fingerprint density at radius 1 is 0.625 bits per heavy atom. The molecule has 0 N–H and O–H groups in total. The molecular formula is C26H20O6. The van der Waals surface area contributed by atoms with E-state index in [0.717, 1.165) is 27.8 Å². The maximum atomic E-state index is 12.3. The van der Waals surface area contributed by atoms with Crippen LogP contribution in [0.4, 0.5) is 0 Å². The summed E-state index contributed by atoms with van der Waals surface area (Å²) < 4.78 is 16.6. The topological polar surface area (TPSA) is 78.9 Å². The van der Waals surface area contributed by atoms with E-state index in [2.05, 4.69) is 0 Å². The van der Waals surface area contributed by atoms with E-state index in [-0.39, 0.29) is 0 Å². The molecule has 0 radical (unpaired) electrons. The van der Waals surface area contributed by atoms with E-state index in [9.17, 15) is 14.4 Å². The summed E-state index contributed by atoms with van der Waals surface area (Å²) in [5.41, 5.74) is 2.84. The van der Waals surface area contributed by atoms with Crippen molar-refractivity contribution >= 4 is 17.9 Å². The van der Waals surface area contributed by atoms with Crippen molar-refractivity contribution in [2.75, 3.05) is 0 Å². The first-order valence-electron chi connectivity index (χ1n) is 10.2. The second-order valence-electron chi connectivity index (χ2n) is 7.99. The minimum Gasteiger partial charge on any atom is -0.448 e. The zero-order valence-electron chi connectivity index (χ0n) is 17.8. The first kappa shape index (κ1) is 20.0. The van der Waals surface area contributed by atoms with Gasteiger partial charge < -0.3 is 14.2 Å². The Bertz CT molecular complexity index is 1290. The summed E-state index contributed by atoms with van der Waals surface area (Å²) in [4.78, 5) is 35.1. The van der Waals surface area contributed by atoms with Crippen LogP contribution in [0.15, 0.2) is 66.7 Å². The maximum Gasteiger partial charge on any atom is 0.308 e. The smallest absolute Gasteiger partial charge is 0.308 e. The van der Waals surface area contributed by atoms with Crippen molar-refractivity contribution in [2.45, 2.75) is 31.8 Å². The number of hydrogen-bond donors (Lipinski definition) is 0. The van der Waals surface area contributed by atoms with Crippen LogP contribution in [0.2, 0.25) is 0 Å². The van der Waals surface area contributed by atoms with Crippen LogP contribution in [-0.4, -0.2) is 17.9 Å². The van der Waals surface area contributed by atoms with Crippen molar-refractivity contribution < 1.29 is 28.6 Å². The largest absolute Gasteiger partial charge is 0.448 e. The van der Waals surface area contributed by atoms with E-state index in [1.165, 1.54) is 20.8 Å². The van der Waals surface area contributed by atoms with Gasteiger partial charge in [0.05, 0.1) is 5.41 Å². The molecule has 0 fully saturated rings. The second-order valence-corrected chi connectivity index (χ2v) is 7.99. The highest BCUT2D eigenvalue weighted by atomic mass is 16.6. The van der Waals surface area contributed by atoms with Gasteiger partial charge in [-0.25, -0.2) is 0 Å². The van der Waals surface area contributed by atoms with Gasteiger partial charge >= 0.3 is 17.9 Å². The summed E-state index contributed by atoms with van der Waals surface area (Å²) in [6.07, 6.45) is 0. The molecule has 5 rings (SSSR count). The third-order valence-electron chi connectivity index (χ3n) is 6.12. The van der Waals surface area contributed by atoms with Gasteiger partial charge in [0.25, 0.3) is 0 Å². The van der Waals surface area contributed by atoms with Crippen molar-refractivity contribution in [1.29, 1.82) is 0 Å². The van der Waals surface area contributed by atoms with Gasteiger partial charge in [-0.15, -0.1) is 0 Å². The van der Waals surface area contributed by atoms with Crippen LogP contribution in [0.5, 0.6) is 11.5 Å². The molecular weight excluding hydrogens is 408 g/mol. The van der Waals surface area contributed by atoms with Crippen molar-refractivity contribution in [1.82, 2.24) is 0 Å². The third kappa shape index (κ3) is 2.43. The molecule has 32 heavy (non-hydrogen) atoms. The number of benzene rings is 3. The van der Waals surface area contributed by atoms with E-state index in [1.54, 1.807) is 24.3 Å². The molecule has 0 aromatic heterocycles. The van der Waals surface area contributed by atoms with Crippen LogP contribution in [-0.2, 0) is 30.1 Å². The molecule has 3 aromatic carbocycles. The summed E-state index contributed by atoms with van der Waals surface area (Å²) in [6, 6.07) is 20.5. The molecule has 0 saturated carbocycles. The molecule has 0 saturated heterocycles. The highest BCUT2D eigenvalue weighted by molar-refractivity contribution is 5.84. The first-order valence-corrected chi connectivity index (χ1v) is 10.2. The summed E-state index contributed by atoms with van der Waals surface area (Å²) in [7, 11) is 0. The quantitative estimate of drug-likeness (QED) is 0.462. The van der Waals surface area contributed by atoms with E-state index >= 15 is 0 Å². The maximum absolute atomic E-state index is 12.3. The van der Waals surface area contributed by atoms with Crippen molar-refractivity contribution in [3.05, 3.63) is 94.5 Å². The van der Waals surface area contributed by atoms with Crippen LogP contribution in [0.1, 0.15) is 48.6 Å². The summed E-state index contributed by atoms with van der Waals surface area (Å²) in [5, 5.41) is 0.